The maximum absolute atomic E-state index is 12.1. The summed E-state index contributed by atoms with van der Waals surface area (Å²) in [5.74, 6) is 1.53. The summed E-state index contributed by atoms with van der Waals surface area (Å²) in [6.45, 7) is 9.02. The van der Waals surface area contributed by atoms with Gasteiger partial charge in [-0.05, 0) is 62.9 Å². The molecule has 6 heteroatoms. The quantitative estimate of drug-likeness (QED) is 0.612. The highest BCUT2D eigenvalue weighted by Gasteiger charge is 2.25. The molecule has 0 radical (unpaired) electrons. The van der Waals surface area contributed by atoms with E-state index in [4.69, 9.17) is 14.5 Å². The van der Waals surface area contributed by atoms with Gasteiger partial charge < -0.3 is 18.6 Å². The first-order valence-corrected chi connectivity index (χ1v) is 10.8. The molecule has 2 aromatic heterocycles. The van der Waals surface area contributed by atoms with Gasteiger partial charge in [-0.15, -0.1) is 0 Å². The summed E-state index contributed by atoms with van der Waals surface area (Å²) in [7, 11) is 1.80. The molecule has 1 aromatic carbocycles. The standard InChI is InChI=1S/C24H31N3O3/c1-5-29-15-17(3)27-22-13-19(20-12-16(2)24(28)26(4)14-20)6-7-21(22)25-23(27)18-8-10-30-11-9-18/h6-7,12-14,17-18H,5,8-11,15H2,1-4H3. The molecule has 0 aliphatic carbocycles. The zero-order valence-electron chi connectivity index (χ0n) is 18.4. The minimum atomic E-state index is 0.0389. The molecule has 3 heterocycles. The van der Waals surface area contributed by atoms with Gasteiger partial charge >= 0.3 is 0 Å². The molecule has 4 rings (SSSR count). The smallest absolute Gasteiger partial charge is 0.253 e. The molecule has 1 aliphatic heterocycles. The van der Waals surface area contributed by atoms with E-state index in [-0.39, 0.29) is 11.6 Å². The van der Waals surface area contributed by atoms with E-state index in [1.165, 1.54) is 0 Å². The van der Waals surface area contributed by atoms with Crippen LogP contribution in [-0.2, 0) is 16.5 Å². The van der Waals surface area contributed by atoms with E-state index in [1.807, 2.05) is 26.1 Å². The van der Waals surface area contributed by atoms with Crippen LogP contribution in [0.3, 0.4) is 0 Å². The average Bonchev–Trinajstić information content (AvgIpc) is 3.15. The first-order chi connectivity index (χ1) is 14.5. The van der Waals surface area contributed by atoms with Gasteiger partial charge in [0.15, 0.2) is 0 Å². The van der Waals surface area contributed by atoms with Gasteiger partial charge in [-0.2, -0.15) is 0 Å². The molecule has 1 atom stereocenters. The van der Waals surface area contributed by atoms with Crippen molar-refractivity contribution >= 4 is 11.0 Å². The van der Waals surface area contributed by atoms with E-state index in [9.17, 15) is 4.79 Å². The van der Waals surface area contributed by atoms with Gasteiger partial charge in [0.05, 0.1) is 23.7 Å². The number of aromatic nitrogens is 3. The fourth-order valence-electron chi connectivity index (χ4n) is 4.40. The normalized spacial score (nSPS) is 16.3. The number of imidazole rings is 1. The molecular formula is C24H31N3O3. The minimum absolute atomic E-state index is 0.0389. The Bertz CT molecular complexity index is 1070. The van der Waals surface area contributed by atoms with E-state index in [2.05, 4.69) is 29.7 Å². The molecule has 1 aliphatic rings. The summed E-state index contributed by atoms with van der Waals surface area (Å²) < 4.78 is 15.3. The van der Waals surface area contributed by atoms with Crippen LogP contribution in [0.5, 0.6) is 0 Å². The second-order valence-electron chi connectivity index (χ2n) is 8.27. The first kappa shape index (κ1) is 20.8. The van der Waals surface area contributed by atoms with Crippen LogP contribution in [0.2, 0.25) is 0 Å². The van der Waals surface area contributed by atoms with Crippen LogP contribution < -0.4 is 5.56 Å². The molecule has 0 N–H and O–H groups in total. The molecular weight excluding hydrogens is 378 g/mol. The van der Waals surface area contributed by atoms with Crippen LogP contribution in [0.1, 0.15) is 50.0 Å². The lowest BCUT2D eigenvalue weighted by molar-refractivity contribution is 0.0807. The lowest BCUT2D eigenvalue weighted by Crippen LogP contribution is -2.21. The van der Waals surface area contributed by atoms with Crippen molar-refractivity contribution in [3.05, 3.63) is 52.2 Å². The fraction of sp³-hybridized carbons (Fsp3) is 0.500. The Hall–Kier alpha value is -2.44. The topological polar surface area (TPSA) is 58.3 Å². The molecule has 1 unspecified atom stereocenters. The van der Waals surface area contributed by atoms with E-state index < -0.39 is 0 Å². The van der Waals surface area contributed by atoms with Gasteiger partial charge in [0.2, 0.25) is 0 Å². The number of ether oxygens (including phenoxy) is 2. The minimum Gasteiger partial charge on any atom is -0.381 e. The highest BCUT2D eigenvalue weighted by molar-refractivity contribution is 5.83. The summed E-state index contributed by atoms with van der Waals surface area (Å²) >= 11 is 0. The predicted octanol–water partition coefficient (Wildman–Crippen LogP) is 4.20. The summed E-state index contributed by atoms with van der Waals surface area (Å²) in [4.78, 5) is 17.2. The number of pyridine rings is 1. The van der Waals surface area contributed by atoms with Crippen LogP contribution in [0.15, 0.2) is 35.3 Å². The van der Waals surface area contributed by atoms with Crippen LogP contribution in [0.4, 0.5) is 0 Å². The largest absolute Gasteiger partial charge is 0.381 e. The number of fused-ring (bicyclic) bond motifs is 1. The Morgan fingerprint density at radius 2 is 2.00 bits per heavy atom. The summed E-state index contributed by atoms with van der Waals surface area (Å²) in [5.41, 5.74) is 5.03. The SMILES string of the molecule is CCOCC(C)n1c(C2CCOCC2)nc2ccc(-c3cc(C)c(=O)n(C)c3)cc21. The molecule has 160 valence electrons. The monoisotopic (exact) mass is 409 g/mol. The number of benzene rings is 1. The van der Waals surface area contributed by atoms with Crippen LogP contribution in [0, 0.1) is 6.92 Å². The van der Waals surface area contributed by atoms with Crippen molar-refractivity contribution in [2.24, 2.45) is 7.05 Å². The lowest BCUT2D eigenvalue weighted by Gasteiger charge is -2.25. The highest BCUT2D eigenvalue weighted by Crippen LogP contribution is 2.33. The number of rotatable bonds is 6. The molecule has 1 saturated heterocycles. The van der Waals surface area contributed by atoms with Gasteiger partial charge in [-0.1, -0.05) is 6.07 Å². The molecule has 30 heavy (non-hydrogen) atoms. The maximum atomic E-state index is 12.1. The van der Waals surface area contributed by atoms with Gasteiger partial charge in [0.1, 0.15) is 5.82 Å². The average molecular weight is 410 g/mol. The predicted molar refractivity (Wildman–Crippen MR) is 119 cm³/mol. The molecule has 0 amide bonds. The van der Waals surface area contributed by atoms with Crippen LogP contribution in [0.25, 0.3) is 22.2 Å². The summed E-state index contributed by atoms with van der Waals surface area (Å²) in [6.07, 6.45) is 3.90. The highest BCUT2D eigenvalue weighted by atomic mass is 16.5. The van der Waals surface area contributed by atoms with Crippen molar-refractivity contribution in [3.63, 3.8) is 0 Å². The van der Waals surface area contributed by atoms with E-state index in [0.29, 0.717) is 19.1 Å². The second kappa shape index (κ2) is 8.74. The summed E-state index contributed by atoms with van der Waals surface area (Å²) in [6, 6.07) is 8.54. The Kier molecular flexibility index (Phi) is 6.06. The number of aryl methyl sites for hydroxylation is 2. The molecule has 3 aromatic rings. The van der Waals surface area contributed by atoms with Gasteiger partial charge in [0.25, 0.3) is 5.56 Å². The van der Waals surface area contributed by atoms with E-state index >= 15 is 0 Å². The Morgan fingerprint density at radius 1 is 1.23 bits per heavy atom. The zero-order chi connectivity index (χ0) is 21.3. The molecule has 0 spiro atoms. The second-order valence-corrected chi connectivity index (χ2v) is 8.27. The zero-order valence-corrected chi connectivity index (χ0v) is 18.4. The van der Waals surface area contributed by atoms with Crippen molar-refractivity contribution < 1.29 is 9.47 Å². The molecule has 6 nitrogen and oxygen atoms in total. The number of nitrogens with zero attached hydrogens (tertiary/aromatic N) is 3. The Labute approximate surface area is 177 Å². The Balaban J connectivity index is 1.84. The number of hydrogen-bond donors (Lipinski definition) is 0. The van der Waals surface area contributed by atoms with E-state index in [0.717, 1.165) is 59.6 Å². The van der Waals surface area contributed by atoms with Crippen molar-refractivity contribution in [1.82, 2.24) is 14.1 Å². The third-order valence-electron chi connectivity index (χ3n) is 6.00. The van der Waals surface area contributed by atoms with Gasteiger partial charge in [-0.25, -0.2) is 4.98 Å². The van der Waals surface area contributed by atoms with Crippen LogP contribution >= 0.6 is 0 Å². The van der Waals surface area contributed by atoms with Crippen molar-refractivity contribution in [2.75, 3.05) is 26.4 Å². The van der Waals surface area contributed by atoms with Gasteiger partial charge in [-0.3, -0.25) is 4.79 Å². The first-order valence-electron chi connectivity index (χ1n) is 10.8. The van der Waals surface area contributed by atoms with Crippen molar-refractivity contribution in [3.8, 4) is 11.1 Å². The molecule has 0 saturated carbocycles. The lowest BCUT2D eigenvalue weighted by atomic mass is 9.99. The van der Waals surface area contributed by atoms with E-state index in [1.54, 1.807) is 11.6 Å². The molecule has 1 fully saturated rings. The van der Waals surface area contributed by atoms with Crippen LogP contribution in [-0.4, -0.2) is 40.5 Å². The van der Waals surface area contributed by atoms with Crippen molar-refractivity contribution in [1.29, 1.82) is 0 Å². The third kappa shape index (κ3) is 3.94. The Morgan fingerprint density at radius 3 is 2.70 bits per heavy atom. The summed E-state index contributed by atoms with van der Waals surface area (Å²) in [5, 5.41) is 0. The number of hydrogen-bond acceptors (Lipinski definition) is 4. The van der Waals surface area contributed by atoms with Gasteiger partial charge in [0, 0.05) is 44.5 Å². The molecule has 0 bridgehead atoms. The fourth-order valence-corrected chi connectivity index (χ4v) is 4.40. The maximum Gasteiger partial charge on any atom is 0.253 e. The van der Waals surface area contributed by atoms with Crippen molar-refractivity contribution in [2.45, 2.75) is 45.6 Å². The third-order valence-corrected chi connectivity index (χ3v) is 6.00.